The van der Waals surface area contributed by atoms with E-state index in [2.05, 4.69) is 10.6 Å². The molecule has 1 heterocycles. The van der Waals surface area contributed by atoms with Crippen LogP contribution in [-0.2, 0) is 0 Å². The van der Waals surface area contributed by atoms with Gasteiger partial charge in [-0.3, -0.25) is 4.79 Å². The fourth-order valence-electron chi connectivity index (χ4n) is 2.01. The maximum Gasteiger partial charge on any atom is 0.252 e. The highest BCUT2D eigenvalue weighted by Crippen LogP contribution is 2.09. The van der Waals surface area contributed by atoms with Crippen LogP contribution in [0.25, 0.3) is 0 Å². The van der Waals surface area contributed by atoms with Gasteiger partial charge in [0.2, 0.25) is 0 Å². The summed E-state index contributed by atoms with van der Waals surface area (Å²) in [5, 5.41) is 15.2. The van der Waals surface area contributed by atoms with E-state index in [1.54, 1.807) is 24.3 Å². The minimum atomic E-state index is -0.144. The van der Waals surface area contributed by atoms with Gasteiger partial charge in [-0.25, -0.2) is 0 Å². The lowest BCUT2D eigenvalue weighted by molar-refractivity contribution is 0.0929. The number of nitriles is 1. The van der Waals surface area contributed by atoms with Crippen LogP contribution in [0.5, 0.6) is 0 Å². The summed E-state index contributed by atoms with van der Waals surface area (Å²) in [5.74, 6) is -0.144. The number of amides is 1. The molecular weight excluding hydrogens is 250 g/mol. The molecule has 96 valence electrons. The van der Waals surface area contributed by atoms with Gasteiger partial charge in [-0.1, -0.05) is 12.1 Å². The molecule has 0 saturated carbocycles. The van der Waals surface area contributed by atoms with Gasteiger partial charge in [-0.15, -0.1) is 12.4 Å². The van der Waals surface area contributed by atoms with Crippen molar-refractivity contribution in [1.82, 2.24) is 10.6 Å². The van der Waals surface area contributed by atoms with Gasteiger partial charge < -0.3 is 10.6 Å². The minimum absolute atomic E-state index is 0. The minimum Gasteiger partial charge on any atom is -0.349 e. The molecule has 0 bridgehead atoms. The predicted molar refractivity (Wildman–Crippen MR) is 71.8 cm³/mol. The second-order valence-electron chi connectivity index (χ2n) is 4.16. The first-order chi connectivity index (χ1) is 8.31. The molecule has 1 aliphatic rings. The van der Waals surface area contributed by atoms with Gasteiger partial charge in [0.25, 0.3) is 5.91 Å². The largest absolute Gasteiger partial charge is 0.349 e. The molecule has 1 aromatic rings. The van der Waals surface area contributed by atoms with Crippen molar-refractivity contribution in [3.63, 3.8) is 0 Å². The maximum absolute atomic E-state index is 12.0. The normalized spacial score (nSPS) is 15.3. The highest BCUT2D eigenvalue weighted by atomic mass is 35.5. The average molecular weight is 266 g/mol. The number of nitrogens with one attached hydrogen (secondary N) is 2. The topological polar surface area (TPSA) is 64.9 Å². The molecular formula is C13H16ClN3O. The van der Waals surface area contributed by atoms with Crippen LogP contribution in [0.3, 0.4) is 0 Å². The van der Waals surface area contributed by atoms with Crippen LogP contribution in [0.2, 0.25) is 0 Å². The molecule has 1 saturated heterocycles. The third-order valence-corrected chi connectivity index (χ3v) is 2.97. The van der Waals surface area contributed by atoms with E-state index in [0.29, 0.717) is 11.1 Å². The Labute approximate surface area is 113 Å². The number of rotatable bonds is 2. The molecule has 4 nitrogen and oxygen atoms in total. The van der Waals surface area contributed by atoms with Crippen molar-refractivity contribution in [1.29, 1.82) is 5.26 Å². The van der Waals surface area contributed by atoms with Crippen molar-refractivity contribution in [2.24, 2.45) is 0 Å². The highest BCUT2D eigenvalue weighted by molar-refractivity contribution is 5.96. The molecule has 1 aromatic carbocycles. The monoisotopic (exact) mass is 265 g/mol. The summed E-state index contributed by atoms with van der Waals surface area (Å²) in [6.45, 7) is 1.87. The van der Waals surface area contributed by atoms with Gasteiger partial charge in [0.1, 0.15) is 0 Å². The number of halogens is 1. The zero-order chi connectivity index (χ0) is 12.1. The number of benzene rings is 1. The summed E-state index contributed by atoms with van der Waals surface area (Å²) < 4.78 is 0. The molecule has 0 radical (unpaired) electrons. The van der Waals surface area contributed by atoms with Crippen LogP contribution >= 0.6 is 12.4 Å². The Morgan fingerprint density at radius 2 is 2.00 bits per heavy atom. The molecule has 18 heavy (non-hydrogen) atoms. The first-order valence-corrected chi connectivity index (χ1v) is 5.82. The first-order valence-electron chi connectivity index (χ1n) is 5.82. The Balaban J connectivity index is 0.00000162. The Bertz CT molecular complexity index is 450. The molecule has 2 N–H and O–H groups in total. The fraction of sp³-hybridized carbons (Fsp3) is 0.385. The van der Waals surface area contributed by atoms with Crippen molar-refractivity contribution in [2.75, 3.05) is 13.1 Å². The summed E-state index contributed by atoms with van der Waals surface area (Å²) in [6.07, 6.45) is 1.89. The van der Waals surface area contributed by atoms with Crippen LogP contribution in [0.1, 0.15) is 28.8 Å². The summed E-state index contributed by atoms with van der Waals surface area (Å²) in [6, 6.07) is 9.15. The number of piperidine rings is 1. The molecule has 1 aliphatic heterocycles. The van der Waals surface area contributed by atoms with Gasteiger partial charge in [-0.2, -0.15) is 5.26 Å². The standard InChI is InChI=1S/C13H15N3O.ClH/c14-9-10-3-1-2-4-12(10)13(17)16-11-5-7-15-8-6-11;/h1-4,11,15H,5-8H2,(H,16,17);1H. The lowest BCUT2D eigenvalue weighted by atomic mass is 10.0. The van der Waals surface area contributed by atoms with Crippen LogP contribution in [0.15, 0.2) is 24.3 Å². The van der Waals surface area contributed by atoms with Crippen LogP contribution in [0.4, 0.5) is 0 Å². The molecule has 0 unspecified atom stereocenters. The molecule has 5 heteroatoms. The third kappa shape index (κ3) is 3.46. The van der Waals surface area contributed by atoms with E-state index in [0.717, 1.165) is 25.9 Å². The van der Waals surface area contributed by atoms with Crippen LogP contribution in [0, 0.1) is 11.3 Å². The number of carbonyl (C=O) groups excluding carboxylic acids is 1. The van der Waals surface area contributed by atoms with Crippen LogP contribution in [-0.4, -0.2) is 25.0 Å². The summed E-state index contributed by atoms with van der Waals surface area (Å²) in [7, 11) is 0. The predicted octanol–water partition coefficient (Wildman–Crippen LogP) is 1.46. The Morgan fingerprint density at radius 3 is 2.67 bits per heavy atom. The molecule has 1 amide bonds. The summed E-state index contributed by atoms with van der Waals surface area (Å²) in [4.78, 5) is 12.0. The number of hydrogen-bond acceptors (Lipinski definition) is 3. The van der Waals surface area contributed by atoms with Gasteiger partial charge in [-0.05, 0) is 38.1 Å². The van der Waals surface area contributed by atoms with Gasteiger partial charge in [0.05, 0.1) is 17.2 Å². The maximum atomic E-state index is 12.0. The second-order valence-corrected chi connectivity index (χ2v) is 4.16. The van der Waals surface area contributed by atoms with E-state index >= 15 is 0 Å². The smallest absolute Gasteiger partial charge is 0.252 e. The molecule has 0 atom stereocenters. The van der Waals surface area contributed by atoms with Crippen molar-refractivity contribution in [2.45, 2.75) is 18.9 Å². The number of nitrogens with zero attached hydrogens (tertiary/aromatic N) is 1. The quantitative estimate of drug-likeness (QED) is 0.851. The molecule has 0 aromatic heterocycles. The highest BCUT2D eigenvalue weighted by Gasteiger charge is 2.17. The van der Waals surface area contributed by atoms with Gasteiger partial charge >= 0.3 is 0 Å². The zero-order valence-corrected chi connectivity index (χ0v) is 10.8. The number of carbonyl (C=O) groups is 1. The van der Waals surface area contributed by atoms with Gasteiger partial charge in [0.15, 0.2) is 0 Å². The van der Waals surface area contributed by atoms with E-state index in [4.69, 9.17) is 5.26 Å². The van der Waals surface area contributed by atoms with Crippen LogP contribution < -0.4 is 10.6 Å². The fourth-order valence-corrected chi connectivity index (χ4v) is 2.01. The second kappa shape index (κ2) is 7.00. The zero-order valence-electron chi connectivity index (χ0n) is 9.98. The van der Waals surface area contributed by atoms with E-state index in [9.17, 15) is 4.79 Å². The van der Waals surface area contributed by atoms with E-state index in [1.807, 2.05) is 6.07 Å². The Hall–Kier alpha value is -1.57. The molecule has 0 aliphatic carbocycles. The van der Waals surface area contributed by atoms with Crippen molar-refractivity contribution in [3.05, 3.63) is 35.4 Å². The summed E-state index contributed by atoms with van der Waals surface area (Å²) in [5.41, 5.74) is 0.896. The molecule has 0 spiro atoms. The first kappa shape index (κ1) is 14.5. The Kier molecular flexibility index (Phi) is 5.63. The lowest BCUT2D eigenvalue weighted by Gasteiger charge is -2.23. The number of hydrogen-bond donors (Lipinski definition) is 2. The SMILES string of the molecule is Cl.N#Cc1ccccc1C(=O)NC1CCNCC1. The average Bonchev–Trinajstić information content (AvgIpc) is 2.40. The third-order valence-electron chi connectivity index (χ3n) is 2.97. The van der Waals surface area contributed by atoms with Crippen molar-refractivity contribution >= 4 is 18.3 Å². The van der Waals surface area contributed by atoms with Crippen molar-refractivity contribution in [3.8, 4) is 6.07 Å². The van der Waals surface area contributed by atoms with Gasteiger partial charge in [0, 0.05) is 6.04 Å². The van der Waals surface area contributed by atoms with E-state index < -0.39 is 0 Å². The van der Waals surface area contributed by atoms with E-state index in [-0.39, 0.29) is 24.4 Å². The Morgan fingerprint density at radius 1 is 1.33 bits per heavy atom. The molecule has 1 fully saturated rings. The summed E-state index contributed by atoms with van der Waals surface area (Å²) >= 11 is 0. The van der Waals surface area contributed by atoms with E-state index in [1.165, 1.54) is 0 Å². The molecule has 2 rings (SSSR count). The van der Waals surface area contributed by atoms with Crippen molar-refractivity contribution < 1.29 is 4.79 Å². The lowest BCUT2D eigenvalue weighted by Crippen LogP contribution is -2.42.